The van der Waals surface area contributed by atoms with Gasteiger partial charge in [-0.1, -0.05) is 5.16 Å². The van der Waals surface area contributed by atoms with Crippen LogP contribution in [0.1, 0.15) is 22.4 Å². The number of rotatable bonds is 4. The van der Waals surface area contributed by atoms with Crippen LogP contribution < -0.4 is 0 Å². The molecule has 2 aromatic heterocycles. The van der Waals surface area contributed by atoms with Crippen molar-refractivity contribution in [3.63, 3.8) is 0 Å². The molecule has 2 heterocycles. The highest BCUT2D eigenvalue weighted by atomic mass is 32.1. The summed E-state index contributed by atoms with van der Waals surface area (Å²) in [6.07, 6.45) is -4.38. The van der Waals surface area contributed by atoms with Gasteiger partial charge in [-0.05, 0) is 7.05 Å². The summed E-state index contributed by atoms with van der Waals surface area (Å²) < 4.78 is 42.0. The summed E-state index contributed by atoms with van der Waals surface area (Å²) in [5, 5.41) is 4.29. The van der Waals surface area contributed by atoms with Gasteiger partial charge in [0.1, 0.15) is 0 Å². The third-order valence-electron chi connectivity index (χ3n) is 2.21. The zero-order valence-corrected chi connectivity index (χ0v) is 11.0. The van der Waals surface area contributed by atoms with Crippen LogP contribution in [0.3, 0.4) is 0 Å². The van der Waals surface area contributed by atoms with Gasteiger partial charge >= 0.3 is 6.18 Å². The van der Waals surface area contributed by atoms with Crippen LogP contribution in [0, 0.1) is 6.92 Å². The molecule has 0 saturated heterocycles. The van der Waals surface area contributed by atoms with E-state index in [4.69, 9.17) is 4.52 Å². The molecule has 0 aliphatic heterocycles. The molecule has 0 atom stereocenters. The molecule has 5 nitrogen and oxygen atoms in total. The highest BCUT2D eigenvalue weighted by molar-refractivity contribution is 7.09. The van der Waals surface area contributed by atoms with Crippen molar-refractivity contribution in [2.75, 3.05) is 7.05 Å². The Labute approximate surface area is 111 Å². The topological polar surface area (TPSA) is 55.1 Å². The van der Waals surface area contributed by atoms with Crippen molar-refractivity contribution in [3.05, 3.63) is 27.8 Å². The van der Waals surface area contributed by atoms with Crippen LogP contribution in [-0.2, 0) is 19.3 Å². The van der Waals surface area contributed by atoms with Crippen molar-refractivity contribution in [1.82, 2.24) is 20.0 Å². The number of aryl methyl sites for hydroxylation is 1. The monoisotopic (exact) mass is 292 g/mol. The first-order valence-electron chi connectivity index (χ1n) is 5.34. The molecule has 0 radical (unpaired) electrons. The molecule has 0 saturated carbocycles. The molecule has 0 N–H and O–H groups in total. The summed E-state index contributed by atoms with van der Waals surface area (Å²) in [7, 11) is 1.75. The Morgan fingerprint density at radius 2 is 2.05 bits per heavy atom. The van der Waals surface area contributed by atoms with Gasteiger partial charge in [0.2, 0.25) is 5.89 Å². The second-order valence-corrected chi connectivity index (χ2v) is 4.90. The molecule has 104 valence electrons. The summed E-state index contributed by atoms with van der Waals surface area (Å²) in [4.78, 5) is 9.34. The molecule has 0 bridgehead atoms. The minimum absolute atomic E-state index is 0.292. The van der Waals surface area contributed by atoms with E-state index in [1.165, 1.54) is 5.38 Å². The summed E-state index contributed by atoms with van der Waals surface area (Å²) in [6.45, 7) is 2.35. The molecule has 0 unspecified atom stereocenters. The van der Waals surface area contributed by atoms with E-state index in [1.807, 2.05) is 0 Å². The standard InChI is InChI=1S/C10H11F3N4OS/c1-6-14-8(16-18-6)4-17(2)3-7-5-19-9(15-7)10(11,12)13/h5H,3-4H2,1-2H3. The zero-order valence-electron chi connectivity index (χ0n) is 10.2. The van der Waals surface area contributed by atoms with Gasteiger partial charge in [0.05, 0.1) is 12.2 Å². The molecule has 0 aliphatic carbocycles. The number of hydrogen-bond donors (Lipinski definition) is 0. The van der Waals surface area contributed by atoms with Crippen LogP contribution in [0.15, 0.2) is 9.90 Å². The second-order valence-electron chi connectivity index (χ2n) is 4.04. The first kappa shape index (κ1) is 13.9. The summed E-state index contributed by atoms with van der Waals surface area (Å²) in [5.41, 5.74) is 0.375. The van der Waals surface area contributed by atoms with Gasteiger partial charge in [0.25, 0.3) is 0 Å². The van der Waals surface area contributed by atoms with Crippen LogP contribution in [0.2, 0.25) is 0 Å². The highest BCUT2D eigenvalue weighted by Gasteiger charge is 2.34. The van der Waals surface area contributed by atoms with Gasteiger partial charge < -0.3 is 4.52 Å². The molecule has 0 spiro atoms. The van der Waals surface area contributed by atoms with E-state index in [-0.39, 0.29) is 0 Å². The molecule has 19 heavy (non-hydrogen) atoms. The van der Waals surface area contributed by atoms with Gasteiger partial charge in [-0.2, -0.15) is 18.2 Å². The molecule has 0 aromatic carbocycles. The minimum Gasteiger partial charge on any atom is -0.340 e. The fourth-order valence-corrected chi connectivity index (χ4v) is 2.17. The SMILES string of the molecule is Cc1nc(CN(C)Cc2csc(C(F)(F)F)n2)no1. The Hall–Kier alpha value is -1.48. The van der Waals surface area contributed by atoms with E-state index in [9.17, 15) is 13.2 Å². The lowest BCUT2D eigenvalue weighted by atomic mass is 10.4. The van der Waals surface area contributed by atoms with Crippen LogP contribution in [0.5, 0.6) is 0 Å². The first-order valence-corrected chi connectivity index (χ1v) is 6.22. The molecule has 0 amide bonds. The normalized spacial score (nSPS) is 12.3. The fourth-order valence-electron chi connectivity index (χ4n) is 1.49. The number of aromatic nitrogens is 3. The highest BCUT2D eigenvalue weighted by Crippen LogP contribution is 2.31. The lowest BCUT2D eigenvalue weighted by molar-refractivity contribution is -0.137. The van der Waals surface area contributed by atoms with Gasteiger partial charge in [-0.15, -0.1) is 11.3 Å². The van der Waals surface area contributed by atoms with Crippen LogP contribution in [0.4, 0.5) is 13.2 Å². The van der Waals surface area contributed by atoms with Crippen LogP contribution >= 0.6 is 11.3 Å². The quantitative estimate of drug-likeness (QED) is 0.866. The number of nitrogens with zero attached hydrogens (tertiary/aromatic N) is 4. The van der Waals surface area contributed by atoms with Crippen LogP contribution in [0.25, 0.3) is 0 Å². The molecule has 9 heteroatoms. The summed E-state index contributed by atoms with van der Waals surface area (Å²) >= 11 is 0.596. The average Bonchev–Trinajstić information content (AvgIpc) is 2.87. The van der Waals surface area contributed by atoms with Gasteiger partial charge in [-0.3, -0.25) is 4.90 Å². The van der Waals surface area contributed by atoms with Crippen molar-refractivity contribution < 1.29 is 17.7 Å². The van der Waals surface area contributed by atoms with Crippen molar-refractivity contribution in [2.24, 2.45) is 0 Å². The van der Waals surface area contributed by atoms with E-state index in [1.54, 1.807) is 18.9 Å². The van der Waals surface area contributed by atoms with Crippen molar-refractivity contribution in [3.8, 4) is 0 Å². The predicted octanol–water partition coefficient (Wildman–Crippen LogP) is 2.49. The fraction of sp³-hybridized carbons (Fsp3) is 0.500. The molecule has 2 rings (SSSR count). The Bertz CT molecular complexity index is 551. The molecule has 0 fully saturated rings. The number of thiazole rings is 1. The maximum Gasteiger partial charge on any atom is 0.443 e. The number of halogens is 3. The Morgan fingerprint density at radius 3 is 2.58 bits per heavy atom. The Balaban J connectivity index is 1.95. The van der Waals surface area contributed by atoms with Crippen molar-refractivity contribution in [2.45, 2.75) is 26.2 Å². The summed E-state index contributed by atoms with van der Waals surface area (Å²) in [5.74, 6) is 0.947. The largest absolute Gasteiger partial charge is 0.443 e. The van der Waals surface area contributed by atoms with Gasteiger partial charge in [-0.25, -0.2) is 4.98 Å². The second kappa shape index (κ2) is 5.25. The van der Waals surface area contributed by atoms with Crippen LogP contribution in [-0.4, -0.2) is 27.1 Å². The molecular weight excluding hydrogens is 281 g/mol. The van der Waals surface area contributed by atoms with Crippen molar-refractivity contribution in [1.29, 1.82) is 0 Å². The molecule has 0 aliphatic rings. The Kier molecular flexibility index (Phi) is 3.85. The first-order chi connectivity index (χ1) is 8.84. The minimum atomic E-state index is -4.38. The maximum atomic E-state index is 12.4. The van der Waals surface area contributed by atoms with E-state index >= 15 is 0 Å². The van der Waals surface area contributed by atoms with Gasteiger partial charge in [0, 0.05) is 18.8 Å². The third kappa shape index (κ3) is 3.74. The molecule has 2 aromatic rings. The maximum absolute atomic E-state index is 12.4. The molecular formula is C10H11F3N4OS. The predicted molar refractivity (Wildman–Crippen MR) is 61.3 cm³/mol. The smallest absolute Gasteiger partial charge is 0.340 e. The van der Waals surface area contributed by atoms with E-state index in [2.05, 4.69) is 15.1 Å². The average molecular weight is 292 g/mol. The van der Waals surface area contributed by atoms with Crippen molar-refractivity contribution >= 4 is 11.3 Å². The van der Waals surface area contributed by atoms with Gasteiger partial charge in [0.15, 0.2) is 10.8 Å². The lowest BCUT2D eigenvalue weighted by Crippen LogP contribution is -2.18. The van der Waals surface area contributed by atoms with E-state index in [0.717, 1.165) is 0 Å². The van der Waals surface area contributed by atoms with E-state index in [0.29, 0.717) is 41.8 Å². The third-order valence-corrected chi connectivity index (χ3v) is 3.14. The zero-order chi connectivity index (χ0) is 14.0. The Morgan fingerprint density at radius 1 is 1.32 bits per heavy atom. The number of hydrogen-bond acceptors (Lipinski definition) is 6. The van der Waals surface area contributed by atoms with E-state index < -0.39 is 11.2 Å². The number of alkyl halides is 3. The lowest BCUT2D eigenvalue weighted by Gasteiger charge is -2.12. The summed E-state index contributed by atoms with van der Waals surface area (Å²) in [6, 6.07) is 0.